The molecular weight excluding hydrogens is 594 g/mol. The quantitative estimate of drug-likeness (QED) is 0.272. The van der Waals surface area contributed by atoms with Gasteiger partial charge in [0.1, 0.15) is 11.8 Å². The molecule has 13 nitrogen and oxygen atoms in total. The zero-order valence-electron chi connectivity index (χ0n) is 28.7. The number of ether oxygens (including phenoxy) is 3. The third kappa shape index (κ3) is 8.48. The fourth-order valence-electron chi connectivity index (χ4n) is 5.66. The fourth-order valence-corrected chi connectivity index (χ4v) is 5.66. The molecule has 4 amide bonds. The number of carbonyl (C=O) groups excluding carboxylic acids is 5. The van der Waals surface area contributed by atoms with Crippen LogP contribution >= 0.6 is 0 Å². The molecule has 1 saturated heterocycles. The average Bonchev–Trinajstić information content (AvgIpc) is 2.97. The van der Waals surface area contributed by atoms with Crippen LogP contribution in [-0.4, -0.2) is 95.8 Å². The minimum Gasteiger partial charge on any atom is -0.476 e. The number of fused-ring (bicyclic) bond motifs is 1. The summed E-state index contributed by atoms with van der Waals surface area (Å²) in [6.45, 7) is 17.0. The maximum absolute atomic E-state index is 14.3. The SMILES string of the molecule is CCC(=O)NCCN1C(=O)C(C)(C)Oc2cc(C)c(C(=O)N(C(C)C)[C@@H]3CCCN(C(=O)OC(C)OC(=O)[C@@H](N)C(C)C)C3)cc21. The molecule has 0 bridgehead atoms. The molecule has 46 heavy (non-hydrogen) atoms. The molecule has 0 radical (unpaired) electrons. The van der Waals surface area contributed by atoms with Gasteiger partial charge in [-0.15, -0.1) is 0 Å². The Kier molecular flexibility index (Phi) is 12.0. The van der Waals surface area contributed by atoms with E-state index < -0.39 is 30.0 Å². The second-order valence-electron chi connectivity index (χ2n) is 13.1. The summed E-state index contributed by atoms with van der Waals surface area (Å²) >= 11 is 0. The van der Waals surface area contributed by atoms with Crippen molar-refractivity contribution < 1.29 is 38.2 Å². The molecule has 2 heterocycles. The number of piperidine rings is 1. The van der Waals surface area contributed by atoms with E-state index in [0.29, 0.717) is 48.4 Å². The lowest BCUT2D eigenvalue weighted by atomic mass is 9.97. The summed E-state index contributed by atoms with van der Waals surface area (Å²) < 4.78 is 16.7. The molecule has 1 aromatic carbocycles. The van der Waals surface area contributed by atoms with E-state index >= 15 is 0 Å². The van der Waals surface area contributed by atoms with E-state index in [0.717, 1.165) is 0 Å². The first-order valence-electron chi connectivity index (χ1n) is 16.1. The van der Waals surface area contributed by atoms with E-state index in [1.54, 1.807) is 56.6 Å². The highest BCUT2D eigenvalue weighted by atomic mass is 16.7. The smallest absolute Gasteiger partial charge is 0.412 e. The molecule has 1 aromatic rings. The standard InChI is InChI=1S/C33H51N5O8/c1-10-27(39)35-13-15-37-25-17-24(21(6)16-26(25)46-33(8,9)31(37)42)29(40)38(20(4)5)23-12-11-14-36(18-23)32(43)45-22(7)44-30(41)28(34)19(2)3/h16-17,19-20,22-23,28H,10-15,18,34H2,1-9H3,(H,35,39)/t22?,23-,28+/m1/s1. The Morgan fingerprint density at radius 3 is 2.41 bits per heavy atom. The van der Waals surface area contributed by atoms with Crippen LogP contribution in [0.5, 0.6) is 5.75 Å². The molecule has 1 fully saturated rings. The number of esters is 1. The number of nitrogens with one attached hydrogen (secondary N) is 1. The van der Waals surface area contributed by atoms with Crippen LogP contribution in [0.3, 0.4) is 0 Å². The third-order valence-corrected chi connectivity index (χ3v) is 8.31. The Morgan fingerprint density at radius 1 is 1.13 bits per heavy atom. The summed E-state index contributed by atoms with van der Waals surface area (Å²) in [6.07, 6.45) is -0.129. The molecule has 3 atom stereocenters. The summed E-state index contributed by atoms with van der Waals surface area (Å²) in [5.74, 6) is -0.939. The van der Waals surface area contributed by atoms with Crippen LogP contribution in [0.25, 0.3) is 0 Å². The number of benzene rings is 1. The molecule has 2 aliphatic heterocycles. The molecule has 0 saturated carbocycles. The molecule has 3 N–H and O–H groups in total. The lowest BCUT2D eigenvalue weighted by molar-refractivity contribution is -0.169. The molecule has 256 valence electrons. The predicted molar refractivity (Wildman–Crippen MR) is 172 cm³/mol. The molecule has 0 aromatic heterocycles. The highest BCUT2D eigenvalue weighted by Gasteiger charge is 2.42. The molecular formula is C33H51N5O8. The molecule has 0 spiro atoms. The number of hydrogen-bond donors (Lipinski definition) is 2. The van der Waals surface area contributed by atoms with Crippen molar-refractivity contribution in [1.29, 1.82) is 0 Å². The maximum Gasteiger partial charge on any atom is 0.412 e. The first-order chi connectivity index (χ1) is 21.5. The third-order valence-electron chi connectivity index (χ3n) is 8.31. The van der Waals surface area contributed by atoms with Crippen LogP contribution in [0.1, 0.15) is 90.6 Å². The van der Waals surface area contributed by atoms with Crippen molar-refractivity contribution in [3.8, 4) is 5.75 Å². The predicted octanol–water partition coefficient (Wildman–Crippen LogP) is 3.35. The van der Waals surface area contributed by atoms with Crippen molar-refractivity contribution >= 4 is 35.5 Å². The van der Waals surface area contributed by atoms with Gasteiger partial charge in [0.2, 0.25) is 12.2 Å². The van der Waals surface area contributed by atoms with Crippen molar-refractivity contribution in [2.24, 2.45) is 11.7 Å². The van der Waals surface area contributed by atoms with Crippen molar-refractivity contribution in [2.45, 2.75) is 112 Å². The van der Waals surface area contributed by atoms with Gasteiger partial charge >= 0.3 is 12.1 Å². The zero-order chi connectivity index (χ0) is 34.5. The second kappa shape index (κ2) is 15.1. The molecule has 1 unspecified atom stereocenters. The van der Waals surface area contributed by atoms with Gasteiger partial charge in [-0.05, 0) is 71.1 Å². The topological polar surface area (TPSA) is 161 Å². The number of aryl methyl sites for hydroxylation is 1. The van der Waals surface area contributed by atoms with E-state index in [-0.39, 0.29) is 55.4 Å². The molecule has 0 aliphatic carbocycles. The first kappa shape index (κ1) is 36.6. The van der Waals surface area contributed by atoms with Crippen molar-refractivity contribution in [3.63, 3.8) is 0 Å². The number of anilines is 1. The zero-order valence-corrected chi connectivity index (χ0v) is 28.7. The summed E-state index contributed by atoms with van der Waals surface area (Å²) in [4.78, 5) is 69.6. The monoisotopic (exact) mass is 645 g/mol. The van der Waals surface area contributed by atoms with E-state index in [2.05, 4.69) is 5.32 Å². The number of amides is 4. The Bertz CT molecular complexity index is 1310. The molecule has 2 aliphatic rings. The van der Waals surface area contributed by atoms with Crippen LogP contribution < -0.4 is 20.7 Å². The second-order valence-corrected chi connectivity index (χ2v) is 13.1. The van der Waals surface area contributed by atoms with Gasteiger partial charge in [0.05, 0.1) is 11.7 Å². The van der Waals surface area contributed by atoms with Gasteiger partial charge in [-0.2, -0.15) is 0 Å². The number of hydrogen-bond acceptors (Lipinski definition) is 9. The van der Waals surface area contributed by atoms with Crippen LogP contribution in [-0.2, 0) is 23.9 Å². The largest absolute Gasteiger partial charge is 0.476 e. The normalized spacial score (nSPS) is 18.8. The van der Waals surface area contributed by atoms with Crippen molar-refractivity contribution in [3.05, 3.63) is 23.3 Å². The Labute approximate surface area is 272 Å². The number of carbonyl (C=O) groups is 5. The Morgan fingerprint density at radius 2 is 1.80 bits per heavy atom. The minimum absolute atomic E-state index is 0.122. The van der Waals surface area contributed by atoms with Gasteiger partial charge < -0.3 is 40.0 Å². The average molecular weight is 646 g/mol. The van der Waals surface area contributed by atoms with Gasteiger partial charge in [-0.25, -0.2) is 4.79 Å². The van der Waals surface area contributed by atoms with Gasteiger partial charge in [0, 0.05) is 51.1 Å². The summed E-state index contributed by atoms with van der Waals surface area (Å²) in [5, 5.41) is 2.81. The Hall–Kier alpha value is -3.87. The van der Waals surface area contributed by atoms with Crippen LogP contribution in [0.15, 0.2) is 12.1 Å². The lowest BCUT2D eigenvalue weighted by Crippen LogP contribution is -2.55. The fraction of sp³-hybridized carbons (Fsp3) is 0.667. The van der Waals surface area contributed by atoms with Crippen LogP contribution in [0.2, 0.25) is 0 Å². The number of rotatable bonds is 11. The number of likely N-dealkylation sites (tertiary alicyclic amines) is 1. The highest BCUT2D eigenvalue weighted by Crippen LogP contribution is 2.40. The van der Waals surface area contributed by atoms with Crippen molar-refractivity contribution in [1.82, 2.24) is 15.1 Å². The van der Waals surface area contributed by atoms with Gasteiger partial charge in [-0.3, -0.25) is 19.2 Å². The summed E-state index contributed by atoms with van der Waals surface area (Å²) in [6, 6.07) is 2.10. The van der Waals surface area contributed by atoms with E-state index in [9.17, 15) is 24.0 Å². The summed E-state index contributed by atoms with van der Waals surface area (Å²) in [7, 11) is 0. The van der Waals surface area contributed by atoms with Gasteiger partial charge in [0.25, 0.3) is 11.8 Å². The Balaban J connectivity index is 1.82. The minimum atomic E-state index is -1.13. The number of nitrogens with two attached hydrogens (primary N) is 1. The number of nitrogens with zero attached hydrogens (tertiary/aromatic N) is 3. The van der Waals surface area contributed by atoms with E-state index in [1.807, 2.05) is 20.8 Å². The van der Waals surface area contributed by atoms with Gasteiger partial charge in [-0.1, -0.05) is 20.8 Å². The van der Waals surface area contributed by atoms with Crippen molar-refractivity contribution in [2.75, 3.05) is 31.1 Å². The lowest BCUT2D eigenvalue weighted by Gasteiger charge is -2.42. The van der Waals surface area contributed by atoms with Gasteiger partial charge in [0.15, 0.2) is 5.60 Å². The molecule has 3 rings (SSSR count). The molecule has 13 heteroatoms. The highest BCUT2D eigenvalue weighted by molar-refractivity contribution is 6.05. The van der Waals surface area contributed by atoms with Crippen LogP contribution in [0, 0.1) is 12.8 Å². The van der Waals surface area contributed by atoms with E-state index in [1.165, 1.54) is 11.8 Å². The first-order valence-corrected chi connectivity index (χ1v) is 16.1. The van der Waals surface area contributed by atoms with E-state index in [4.69, 9.17) is 19.9 Å². The summed E-state index contributed by atoms with van der Waals surface area (Å²) in [5.41, 5.74) is 6.27. The maximum atomic E-state index is 14.3. The van der Waals surface area contributed by atoms with Crippen LogP contribution in [0.4, 0.5) is 10.5 Å².